The van der Waals surface area contributed by atoms with Crippen molar-refractivity contribution >= 4 is 63.8 Å². The van der Waals surface area contributed by atoms with E-state index in [1.807, 2.05) is 11.3 Å². The molecule has 0 saturated heterocycles. The third-order valence-corrected chi connectivity index (χ3v) is 11.6. The van der Waals surface area contributed by atoms with Gasteiger partial charge in [-0.25, -0.2) is 0 Å². The van der Waals surface area contributed by atoms with Crippen molar-refractivity contribution in [2.24, 2.45) is 0 Å². The van der Waals surface area contributed by atoms with Gasteiger partial charge in [0.25, 0.3) is 0 Å². The third kappa shape index (κ3) is 3.49. The minimum Gasteiger partial charge on any atom is -0.135 e. The molecule has 0 bridgehead atoms. The van der Waals surface area contributed by atoms with Crippen LogP contribution in [0.25, 0.3) is 85.9 Å². The number of hydrogen-bond donors (Lipinski definition) is 0. The standard InChI is InChI=1S/C45H30S/c1-45(2)38-18-10-9-13-31(38)32-22-19-29(26-39(32)45)43-35-16-7-5-14-33(35)42(34-15-6-8-17-36(34)43)28-21-23-40-37(25-28)44-30-12-4-3-11-27(30)20-24-41(44)46-40/h3-26H,1-2H3. The van der Waals surface area contributed by atoms with Crippen molar-refractivity contribution in [3.05, 3.63) is 157 Å². The van der Waals surface area contributed by atoms with Crippen molar-refractivity contribution in [1.29, 1.82) is 0 Å². The Kier molecular flexibility index (Phi) is 5.31. The van der Waals surface area contributed by atoms with Crippen LogP contribution in [0.1, 0.15) is 25.0 Å². The number of thiophene rings is 1. The predicted octanol–water partition coefficient (Wildman–Crippen LogP) is 13.2. The van der Waals surface area contributed by atoms with Crippen LogP contribution in [-0.2, 0) is 5.41 Å². The van der Waals surface area contributed by atoms with E-state index >= 15 is 0 Å². The fraction of sp³-hybridized carbons (Fsp3) is 0.0667. The second kappa shape index (κ2) is 9.39. The molecule has 0 fully saturated rings. The van der Waals surface area contributed by atoms with E-state index < -0.39 is 0 Å². The van der Waals surface area contributed by atoms with Gasteiger partial charge in [-0.15, -0.1) is 11.3 Å². The number of hydrogen-bond acceptors (Lipinski definition) is 1. The van der Waals surface area contributed by atoms with Gasteiger partial charge in [-0.1, -0.05) is 135 Å². The zero-order valence-corrected chi connectivity index (χ0v) is 26.6. The zero-order chi connectivity index (χ0) is 30.6. The maximum absolute atomic E-state index is 2.47. The van der Waals surface area contributed by atoms with Crippen LogP contribution in [0.4, 0.5) is 0 Å². The SMILES string of the molecule is CC1(C)c2ccccc2-c2ccc(-c3c4ccccc4c(-c4ccc5sc6ccc7ccccc7c6c5c4)c4ccccc34)cc21. The van der Waals surface area contributed by atoms with Gasteiger partial charge >= 0.3 is 0 Å². The summed E-state index contributed by atoms with van der Waals surface area (Å²) in [7, 11) is 0. The predicted molar refractivity (Wildman–Crippen MR) is 200 cm³/mol. The van der Waals surface area contributed by atoms with Gasteiger partial charge in [0.2, 0.25) is 0 Å². The maximum atomic E-state index is 2.47. The highest BCUT2D eigenvalue weighted by Crippen LogP contribution is 2.51. The van der Waals surface area contributed by atoms with Crippen molar-refractivity contribution < 1.29 is 0 Å². The second-order valence-corrected chi connectivity index (χ2v) is 14.3. The van der Waals surface area contributed by atoms with Gasteiger partial charge in [0.05, 0.1) is 0 Å². The Morgan fingerprint density at radius 3 is 1.67 bits per heavy atom. The molecule has 1 aliphatic carbocycles. The molecule has 8 aromatic carbocycles. The molecule has 1 aromatic heterocycles. The van der Waals surface area contributed by atoms with Crippen LogP contribution in [0, 0.1) is 0 Å². The van der Waals surface area contributed by atoms with Crippen LogP contribution in [0.5, 0.6) is 0 Å². The molecule has 0 nitrogen and oxygen atoms in total. The monoisotopic (exact) mass is 602 g/mol. The van der Waals surface area contributed by atoms with Crippen molar-refractivity contribution in [2.45, 2.75) is 19.3 Å². The first-order valence-corrected chi connectivity index (χ1v) is 16.9. The minimum atomic E-state index is -0.0453. The van der Waals surface area contributed by atoms with Crippen LogP contribution in [0.3, 0.4) is 0 Å². The van der Waals surface area contributed by atoms with Crippen LogP contribution >= 0.6 is 11.3 Å². The van der Waals surface area contributed by atoms with Crippen LogP contribution < -0.4 is 0 Å². The van der Waals surface area contributed by atoms with Crippen LogP contribution in [-0.4, -0.2) is 0 Å². The summed E-state index contributed by atoms with van der Waals surface area (Å²) >= 11 is 1.89. The first kappa shape index (κ1) is 26.0. The molecule has 10 rings (SSSR count). The van der Waals surface area contributed by atoms with Gasteiger partial charge < -0.3 is 0 Å². The van der Waals surface area contributed by atoms with Gasteiger partial charge in [-0.2, -0.15) is 0 Å². The quantitative estimate of drug-likeness (QED) is 0.173. The summed E-state index contributed by atoms with van der Waals surface area (Å²) in [6.07, 6.45) is 0. The number of rotatable bonds is 2. The number of benzene rings is 8. The fourth-order valence-electron chi connectivity index (χ4n) is 8.31. The first-order valence-electron chi connectivity index (χ1n) is 16.1. The van der Waals surface area contributed by atoms with Crippen molar-refractivity contribution in [2.75, 3.05) is 0 Å². The lowest BCUT2D eigenvalue weighted by molar-refractivity contribution is 0.660. The molecule has 46 heavy (non-hydrogen) atoms. The summed E-state index contributed by atoms with van der Waals surface area (Å²) in [6.45, 7) is 4.74. The average Bonchev–Trinajstić information content (AvgIpc) is 3.59. The van der Waals surface area contributed by atoms with E-state index in [2.05, 4.69) is 159 Å². The number of fused-ring (bicyclic) bond motifs is 10. The Morgan fingerprint density at radius 2 is 0.957 bits per heavy atom. The normalized spacial score (nSPS) is 13.6. The van der Waals surface area contributed by atoms with Gasteiger partial charge in [0, 0.05) is 25.6 Å². The second-order valence-electron chi connectivity index (χ2n) is 13.2. The Bertz CT molecular complexity index is 2660. The maximum Gasteiger partial charge on any atom is 0.0361 e. The molecule has 0 N–H and O–H groups in total. The molecule has 1 heterocycles. The van der Waals surface area contributed by atoms with Crippen LogP contribution in [0.2, 0.25) is 0 Å². The molecule has 0 unspecified atom stereocenters. The summed E-state index contributed by atoms with van der Waals surface area (Å²) in [4.78, 5) is 0. The highest BCUT2D eigenvalue weighted by Gasteiger charge is 2.35. The van der Waals surface area contributed by atoms with Gasteiger partial charge in [-0.05, 0) is 101 Å². The van der Waals surface area contributed by atoms with Crippen molar-refractivity contribution in [3.63, 3.8) is 0 Å². The van der Waals surface area contributed by atoms with E-state index in [1.54, 1.807) is 0 Å². The molecule has 0 spiro atoms. The summed E-state index contributed by atoms with van der Waals surface area (Å²) in [6, 6.07) is 54.6. The average molecular weight is 603 g/mol. The van der Waals surface area contributed by atoms with E-state index in [4.69, 9.17) is 0 Å². The summed E-state index contributed by atoms with van der Waals surface area (Å²) < 4.78 is 2.68. The molecule has 9 aromatic rings. The highest BCUT2D eigenvalue weighted by atomic mass is 32.1. The zero-order valence-electron chi connectivity index (χ0n) is 25.8. The molecule has 0 amide bonds. The lowest BCUT2D eigenvalue weighted by Gasteiger charge is -2.23. The van der Waals surface area contributed by atoms with Crippen molar-refractivity contribution in [1.82, 2.24) is 0 Å². The molecule has 0 radical (unpaired) electrons. The van der Waals surface area contributed by atoms with Gasteiger partial charge in [0.15, 0.2) is 0 Å². The Hall–Kier alpha value is -5.24. The Labute approximate surface area is 272 Å². The van der Waals surface area contributed by atoms with Crippen LogP contribution in [0.15, 0.2) is 146 Å². The molecule has 216 valence electrons. The minimum absolute atomic E-state index is 0.0453. The summed E-state index contributed by atoms with van der Waals surface area (Å²) in [5.41, 5.74) is 10.7. The molecule has 0 atom stereocenters. The topological polar surface area (TPSA) is 0 Å². The Balaban J connectivity index is 1.26. The van der Waals surface area contributed by atoms with E-state index in [0.29, 0.717) is 0 Å². The smallest absolute Gasteiger partial charge is 0.0361 e. The molecule has 0 saturated carbocycles. The van der Waals surface area contributed by atoms with Gasteiger partial charge in [0.1, 0.15) is 0 Å². The molecule has 0 aliphatic heterocycles. The summed E-state index contributed by atoms with van der Waals surface area (Å²) in [5.74, 6) is 0. The molecule has 1 heteroatoms. The summed E-state index contributed by atoms with van der Waals surface area (Å²) in [5, 5.41) is 10.5. The largest absolute Gasteiger partial charge is 0.135 e. The van der Waals surface area contributed by atoms with E-state index in [1.165, 1.54) is 97.0 Å². The van der Waals surface area contributed by atoms with E-state index in [9.17, 15) is 0 Å². The van der Waals surface area contributed by atoms with E-state index in [-0.39, 0.29) is 5.41 Å². The first-order chi connectivity index (χ1) is 22.6. The fourth-order valence-corrected chi connectivity index (χ4v) is 9.41. The van der Waals surface area contributed by atoms with E-state index in [0.717, 1.165) is 0 Å². The Morgan fingerprint density at radius 1 is 0.413 bits per heavy atom. The molecular formula is C45H30S. The third-order valence-electron chi connectivity index (χ3n) is 10.5. The molecule has 1 aliphatic rings. The lowest BCUT2D eigenvalue weighted by atomic mass is 9.80. The highest BCUT2D eigenvalue weighted by molar-refractivity contribution is 7.26. The van der Waals surface area contributed by atoms with Gasteiger partial charge in [-0.3, -0.25) is 0 Å². The lowest BCUT2D eigenvalue weighted by Crippen LogP contribution is -2.14. The molecular weight excluding hydrogens is 573 g/mol. The van der Waals surface area contributed by atoms with Crippen molar-refractivity contribution in [3.8, 4) is 33.4 Å².